The Morgan fingerprint density at radius 2 is 1.71 bits per heavy atom. The van der Waals surface area contributed by atoms with Crippen molar-refractivity contribution >= 4 is 27.3 Å². The number of sulfonamides is 1. The number of carbonyl (C=O) groups excluding carboxylic acids is 1. The van der Waals surface area contributed by atoms with E-state index in [1.54, 1.807) is 39.2 Å². The predicted molar refractivity (Wildman–Crippen MR) is 111 cm³/mol. The summed E-state index contributed by atoms with van der Waals surface area (Å²) in [6.45, 7) is 6.42. The Morgan fingerprint density at radius 3 is 2.29 bits per heavy atom. The van der Waals surface area contributed by atoms with Crippen molar-refractivity contribution in [1.82, 2.24) is 4.31 Å². The Morgan fingerprint density at radius 1 is 1.07 bits per heavy atom. The van der Waals surface area contributed by atoms with Crippen molar-refractivity contribution in [2.75, 3.05) is 37.4 Å². The lowest BCUT2D eigenvalue weighted by atomic mass is 10.2. The lowest BCUT2D eigenvalue weighted by molar-refractivity contribution is -0.114. The van der Waals surface area contributed by atoms with E-state index in [9.17, 15) is 13.2 Å². The Bertz CT molecular complexity index is 908. The van der Waals surface area contributed by atoms with Crippen LogP contribution in [0.15, 0.2) is 47.4 Å². The van der Waals surface area contributed by atoms with Gasteiger partial charge in [0.25, 0.3) is 0 Å². The van der Waals surface area contributed by atoms with Crippen LogP contribution in [0.5, 0.6) is 5.75 Å². The van der Waals surface area contributed by atoms with Crippen molar-refractivity contribution in [3.8, 4) is 5.75 Å². The van der Waals surface area contributed by atoms with Crippen molar-refractivity contribution < 1.29 is 17.9 Å². The van der Waals surface area contributed by atoms with Gasteiger partial charge in [-0.2, -0.15) is 4.31 Å². The van der Waals surface area contributed by atoms with Crippen molar-refractivity contribution in [3.63, 3.8) is 0 Å². The van der Waals surface area contributed by atoms with Gasteiger partial charge in [0.05, 0.1) is 24.2 Å². The zero-order valence-corrected chi connectivity index (χ0v) is 17.5. The molecule has 28 heavy (non-hydrogen) atoms. The van der Waals surface area contributed by atoms with Crippen LogP contribution < -0.4 is 15.4 Å². The third-order valence-corrected chi connectivity index (χ3v) is 6.34. The van der Waals surface area contributed by atoms with Crippen molar-refractivity contribution in [1.29, 1.82) is 0 Å². The van der Waals surface area contributed by atoms with Gasteiger partial charge in [0.2, 0.25) is 15.9 Å². The molecule has 152 valence electrons. The van der Waals surface area contributed by atoms with Gasteiger partial charge in [0.1, 0.15) is 5.75 Å². The van der Waals surface area contributed by atoms with E-state index < -0.39 is 10.0 Å². The molecule has 2 aromatic carbocycles. The topological polar surface area (TPSA) is 87.7 Å². The van der Waals surface area contributed by atoms with Crippen molar-refractivity contribution in [3.05, 3.63) is 48.0 Å². The molecule has 2 aromatic rings. The second kappa shape index (κ2) is 9.57. The molecule has 0 aliphatic rings. The summed E-state index contributed by atoms with van der Waals surface area (Å²) in [6, 6.07) is 11.9. The highest BCUT2D eigenvalue weighted by molar-refractivity contribution is 7.89. The van der Waals surface area contributed by atoms with Crippen LogP contribution in [0.3, 0.4) is 0 Å². The molecule has 2 N–H and O–H groups in total. The highest BCUT2D eigenvalue weighted by Gasteiger charge is 2.21. The Kier molecular flexibility index (Phi) is 7.42. The molecular weight excluding hydrogens is 378 g/mol. The number of nitrogens with one attached hydrogen (secondary N) is 2. The van der Waals surface area contributed by atoms with Gasteiger partial charge in [0.15, 0.2) is 0 Å². The number of ether oxygens (including phenoxy) is 1. The molecule has 0 atom stereocenters. The van der Waals surface area contributed by atoms with Gasteiger partial charge in [0, 0.05) is 18.8 Å². The monoisotopic (exact) mass is 405 g/mol. The fourth-order valence-electron chi connectivity index (χ4n) is 2.75. The van der Waals surface area contributed by atoms with Crippen LogP contribution in [0.1, 0.15) is 19.4 Å². The highest BCUT2D eigenvalue weighted by Crippen LogP contribution is 2.25. The maximum absolute atomic E-state index is 12.5. The van der Waals surface area contributed by atoms with Crippen LogP contribution in [-0.2, 0) is 14.8 Å². The zero-order valence-electron chi connectivity index (χ0n) is 16.7. The summed E-state index contributed by atoms with van der Waals surface area (Å²) >= 11 is 0. The minimum Gasteiger partial charge on any atom is -0.495 e. The highest BCUT2D eigenvalue weighted by atomic mass is 32.2. The van der Waals surface area contributed by atoms with Crippen LogP contribution >= 0.6 is 0 Å². The van der Waals surface area contributed by atoms with E-state index in [-0.39, 0.29) is 17.3 Å². The van der Waals surface area contributed by atoms with E-state index in [4.69, 9.17) is 4.74 Å². The number of methoxy groups -OCH3 is 1. The fourth-order valence-corrected chi connectivity index (χ4v) is 4.21. The van der Waals surface area contributed by atoms with Crippen LogP contribution in [0.25, 0.3) is 0 Å². The van der Waals surface area contributed by atoms with Gasteiger partial charge in [-0.05, 0) is 48.9 Å². The number of benzene rings is 2. The molecule has 7 nitrogen and oxygen atoms in total. The smallest absolute Gasteiger partial charge is 0.243 e. The summed E-state index contributed by atoms with van der Waals surface area (Å²) < 4.78 is 31.6. The molecule has 0 saturated carbocycles. The summed E-state index contributed by atoms with van der Waals surface area (Å²) in [7, 11) is -1.94. The first-order valence-electron chi connectivity index (χ1n) is 9.10. The van der Waals surface area contributed by atoms with Gasteiger partial charge in [-0.25, -0.2) is 8.42 Å². The maximum atomic E-state index is 12.5. The number of hydrogen-bond acceptors (Lipinski definition) is 5. The number of amides is 1. The molecule has 0 fully saturated rings. The Balaban J connectivity index is 2.00. The van der Waals surface area contributed by atoms with E-state index in [0.717, 1.165) is 5.56 Å². The minimum absolute atomic E-state index is 0.0409. The lowest BCUT2D eigenvalue weighted by Gasteiger charge is -2.18. The molecule has 0 aromatic heterocycles. The van der Waals surface area contributed by atoms with Crippen LogP contribution in [0.4, 0.5) is 11.4 Å². The summed E-state index contributed by atoms with van der Waals surface area (Å²) in [4.78, 5) is 12.5. The first-order valence-corrected chi connectivity index (χ1v) is 10.5. The summed E-state index contributed by atoms with van der Waals surface area (Å²) in [5.74, 6) is 0.355. The average molecular weight is 406 g/mol. The van der Waals surface area contributed by atoms with Gasteiger partial charge >= 0.3 is 0 Å². The Labute approximate surface area is 166 Å². The van der Waals surface area contributed by atoms with Crippen LogP contribution in [0, 0.1) is 6.92 Å². The molecule has 0 aliphatic heterocycles. The average Bonchev–Trinajstić information content (AvgIpc) is 2.67. The normalized spacial score (nSPS) is 11.3. The third-order valence-electron chi connectivity index (χ3n) is 4.28. The molecule has 0 unspecified atom stereocenters. The molecule has 0 heterocycles. The van der Waals surface area contributed by atoms with E-state index in [1.807, 2.05) is 19.1 Å². The molecule has 0 spiro atoms. The number of anilines is 2. The number of hydrogen-bond donors (Lipinski definition) is 2. The molecule has 0 aliphatic carbocycles. The van der Waals surface area contributed by atoms with Gasteiger partial charge in [-0.1, -0.05) is 19.9 Å². The molecule has 8 heteroatoms. The predicted octanol–water partition coefficient (Wildman–Crippen LogP) is 3.08. The van der Waals surface area contributed by atoms with Crippen molar-refractivity contribution in [2.24, 2.45) is 0 Å². The SMILES string of the molecule is CCN(CC)S(=O)(=O)c1ccc(NCC(=O)Nc2cc(C)ccc2OC)cc1. The number of nitrogens with zero attached hydrogens (tertiary/aromatic N) is 1. The number of rotatable bonds is 9. The van der Waals surface area contributed by atoms with E-state index in [2.05, 4.69) is 10.6 Å². The quantitative estimate of drug-likeness (QED) is 0.669. The van der Waals surface area contributed by atoms with Gasteiger partial charge < -0.3 is 15.4 Å². The molecule has 1 amide bonds. The molecule has 0 bridgehead atoms. The van der Waals surface area contributed by atoms with Gasteiger partial charge in [-0.15, -0.1) is 0 Å². The van der Waals surface area contributed by atoms with E-state index in [0.29, 0.717) is 30.2 Å². The first kappa shape index (κ1) is 21.7. The lowest BCUT2D eigenvalue weighted by Crippen LogP contribution is -2.30. The summed E-state index contributed by atoms with van der Waals surface area (Å²) in [6.07, 6.45) is 0. The molecule has 0 saturated heterocycles. The standard InChI is InChI=1S/C20H27N3O4S/c1-5-23(6-2)28(25,26)17-10-8-16(9-11-17)21-14-20(24)22-18-13-15(3)7-12-19(18)27-4/h7-13,21H,5-6,14H2,1-4H3,(H,22,24). The van der Waals surface area contributed by atoms with Crippen LogP contribution in [0.2, 0.25) is 0 Å². The number of carbonyl (C=O) groups is 1. The first-order chi connectivity index (χ1) is 13.3. The van der Waals surface area contributed by atoms with Gasteiger partial charge in [-0.3, -0.25) is 4.79 Å². The van der Waals surface area contributed by atoms with Crippen molar-refractivity contribution in [2.45, 2.75) is 25.7 Å². The number of aryl methyl sites for hydroxylation is 1. The maximum Gasteiger partial charge on any atom is 0.243 e. The minimum atomic E-state index is -3.49. The summed E-state index contributed by atoms with van der Waals surface area (Å²) in [5, 5.41) is 5.80. The zero-order chi connectivity index (χ0) is 20.7. The Hall–Kier alpha value is -2.58. The second-order valence-corrected chi connectivity index (χ2v) is 8.16. The summed E-state index contributed by atoms with van der Waals surface area (Å²) in [5.41, 5.74) is 2.27. The third kappa shape index (κ3) is 5.24. The van der Waals surface area contributed by atoms with E-state index in [1.165, 1.54) is 16.4 Å². The molecule has 2 rings (SSSR count). The fraction of sp³-hybridized carbons (Fsp3) is 0.350. The molecular formula is C20H27N3O4S. The van der Waals surface area contributed by atoms with E-state index >= 15 is 0 Å². The molecule has 0 radical (unpaired) electrons. The van der Waals surface area contributed by atoms with Crippen LogP contribution in [-0.4, -0.2) is 45.4 Å². The second-order valence-electron chi connectivity index (χ2n) is 6.22. The largest absolute Gasteiger partial charge is 0.495 e.